The molecule has 3 unspecified atom stereocenters. The Morgan fingerprint density at radius 2 is 2.33 bits per heavy atom. The summed E-state index contributed by atoms with van der Waals surface area (Å²) in [7, 11) is 0. The number of aromatic carboxylic acids is 1. The van der Waals surface area contributed by atoms with Gasteiger partial charge in [-0.25, -0.2) is 4.79 Å². The number of carboxylic acid groups (broad SMARTS) is 1. The van der Waals surface area contributed by atoms with E-state index in [9.17, 15) is 4.79 Å². The topological polar surface area (TPSA) is 62.5 Å². The van der Waals surface area contributed by atoms with Gasteiger partial charge in [-0.3, -0.25) is 0 Å². The molecule has 4 heteroatoms. The second-order valence-corrected chi connectivity index (χ2v) is 5.17. The van der Waals surface area contributed by atoms with Crippen LogP contribution in [0.4, 0.5) is 0 Å². The molecule has 3 atom stereocenters. The van der Waals surface area contributed by atoms with Crippen molar-refractivity contribution in [1.82, 2.24) is 5.32 Å². The first kappa shape index (κ1) is 13.1. The molecular formula is C14H21NO3. The van der Waals surface area contributed by atoms with Crippen LogP contribution in [0.2, 0.25) is 0 Å². The maximum absolute atomic E-state index is 10.9. The van der Waals surface area contributed by atoms with Crippen molar-refractivity contribution in [2.45, 2.75) is 45.7 Å². The van der Waals surface area contributed by atoms with Crippen LogP contribution >= 0.6 is 0 Å². The molecule has 0 radical (unpaired) electrons. The molecular weight excluding hydrogens is 230 g/mol. The summed E-state index contributed by atoms with van der Waals surface area (Å²) in [5, 5.41) is 12.4. The van der Waals surface area contributed by atoms with Crippen LogP contribution in [0.15, 0.2) is 16.7 Å². The smallest absolute Gasteiger partial charge is 0.372 e. The van der Waals surface area contributed by atoms with Crippen LogP contribution in [0, 0.1) is 11.8 Å². The van der Waals surface area contributed by atoms with Crippen molar-refractivity contribution in [1.29, 1.82) is 0 Å². The Morgan fingerprint density at radius 3 is 2.94 bits per heavy atom. The van der Waals surface area contributed by atoms with Gasteiger partial charge < -0.3 is 14.8 Å². The molecule has 0 bridgehead atoms. The monoisotopic (exact) mass is 251 g/mol. The SMILES string of the molecule is CCC1CCC(NCc2ccoc2C(=O)O)C1C. The molecule has 1 aromatic heterocycles. The zero-order chi connectivity index (χ0) is 13.1. The average Bonchev–Trinajstić information content (AvgIpc) is 2.93. The van der Waals surface area contributed by atoms with Crippen LogP contribution < -0.4 is 5.32 Å². The molecule has 1 fully saturated rings. The molecule has 0 amide bonds. The van der Waals surface area contributed by atoms with Gasteiger partial charge in [0.1, 0.15) is 0 Å². The van der Waals surface area contributed by atoms with Gasteiger partial charge in [0.15, 0.2) is 0 Å². The van der Waals surface area contributed by atoms with E-state index in [0.717, 1.165) is 11.5 Å². The third-order valence-electron chi connectivity index (χ3n) is 4.25. The van der Waals surface area contributed by atoms with Gasteiger partial charge in [0.2, 0.25) is 5.76 Å². The van der Waals surface area contributed by atoms with Gasteiger partial charge in [-0.2, -0.15) is 0 Å². The zero-order valence-electron chi connectivity index (χ0n) is 11.0. The molecule has 100 valence electrons. The Labute approximate surface area is 107 Å². The Hall–Kier alpha value is -1.29. The fourth-order valence-electron chi connectivity index (χ4n) is 3.02. The van der Waals surface area contributed by atoms with Gasteiger partial charge in [-0.1, -0.05) is 20.3 Å². The summed E-state index contributed by atoms with van der Waals surface area (Å²) in [5.74, 6) is 0.517. The average molecular weight is 251 g/mol. The van der Waals surface area contributed by atoms with Gasteiger partial charge in [0, 0.05) is 18.2 Å². The summed E-state index contributed by atoms with van der Waals surface area (Å²) in [6.45, 7) is 5.10. The van der Waals surface area contributed by atoms with Gasteiger partial charge in [-0.05, 0) is 30.7 Å². The van der Waals surface area contributed by atoms with E-state index >= 15 is 0 Å². The summed E-state index contributed by atoms with van der Waals surface area (Å²) >= 11 is 0. The molecule has 0 saturated heterocycles. The van der Waals surface area contributed by atoms with Gasteiger partial charge in [0.25, 0.3) is 0 Å². The Bertz CT molecular complexity index is 413. The molecule has 2 rings (SSSR count). The van der Waals surface area contributed by atoms with E-state index in [0.29, 0.717) is 18.5 Å². The number of furan rings is 1. The predicted molar refractivity (Wildman–Crippen MR) is 68.5 cm³/mol. The lowest BCUT2D eigenvalue weighted by Crippen LogP contribution is -2.32. The molecule has 1 heterocycles. The Balaban J connectivity index is 1.92. The van der Waals surface area contributed by atoms with Crippen LogP contribution in [0.5, 0.6) is 0 Å². The van der Waals surface area contributed by atoms with Crippen LogP contribution in [-0.4, -0.2) is 17.1 Å². The van der Waals surface area contributed by atoms with E-state index in [1.807, 2.05) is 0 Å². The number of carbonyl (C=O) groups is 1. The van der Waals surface area contributed by atoms with Crippen LogP contribution in [0.25, 0.3) is 0 Å². The lowest BCUT2D eigenvalue weighted by molar-refractivity contribution is 0.0660. The van der Waals surface area contributed by atoms with E-state index in [-0.39, 0.29) is 5.76 Å². The third-order valence-corrected chi connectivity index (χ3v) is 4.25. The maximum atomic E-state index is 10.9. The highest BCUT2D eigenvalue weighted by Gasteiger charge is 2.31. The standard InChI is InChI=1S/C14H21NO3/c1-3-10-4-5-12(9(10)2)15-8-11-6-7-18-13(11)14(16)17/h6-7,9-10,12,15H,3-5,8H2,1-2H3,(H,16,17). The molecule has 0 aliphatic heterocycles. The molecule has 1 saturated carbocycles. The molecule has 0 aromatic carbocycles. The summed E-state index contributed by atoms with van der Waals surface area (Å²) in [4.78, 5) is 10.9. The van der Waals surface area contributed by atoms with E-state index in [2.05, 4.69) is 19.2 Å². The highest BCUT2D eigenvalue weighted by molar-refractivity contribution is 5.86. The second kappa shape index (κ2) is 5.57. The highest BCUT2D eigenvalue weighted by atomic mass is 16.4. The fourth-order valence-corrected chi connectivity index (χ4v) is 3.02. The van der Waals surface area contributed by atoms with Crippen LogP contribution in [0.3, 0.4) is 0 Å². The minimum Gasteiger partial charge on any atom is -0.475 e. The van der Waals surface area contributed by atoms with E-state index < -0.39 is 5.97 Å². The summed E-state index contributed by atoms with van der Waals surface area (Å²) in [5.41, 5.74) is 0.731. The summed E-state index contributed by atoms with van der Waals surface area (Å²) in [6.07, 6.45) is 5.12. The molecule has 1 aliphatic carbocycles. The molecule has 4 nitrogen and oxygen atoms in total. The minimum atomic E-state index is -0.997. The first-order valence-electron chi connectivity index (χ1n) is 6.66. The normalized spacial score (nSPS) is 27.6. The minimum absolute atomic E-state index is 0.0557. The highest BCUT2D eigenvalue weighted by Crippen LogP contribution is 2.34. The maximum Gasteiger partial charge on any atom is 0.372 e. The van der Waals surface area contributed by atoms with Crippen molar-refractivity contribution in [3.63, 3.8) is 0 Å². The molecule has 2 N–H and O–H groups in total. The van der Waals surface area contributed by atoms with Crippen molar-refractivity contribution in [3.8, 4) is 0 Å². The van der Waals surface area contributed by atoms with E-state index in [1.54, 1.807) is 6.07 Å². The Kier molecular flexibility index (Phi) is 4.07. The first-order valence-corrected chi connectivity index (χ1v) is 6.66. The number of rotatable bonds is 5. The van der Waals surface area contributed by atoms with Crippen molar-refractivity contribution in [2.24, 2.45) is 11.8 Å². The van der Waals surface area contributed by atoms with Crippen LogP contribution in [-0.2, 0) is 6.54 Å². The van der Waals surface area contributed by atoms with E-state index in [4.69, 9.17) is 9.52 Å². The molecule has 0 spiro atoms. The zero-order valence-corrected chi connectivity index (χ0v) is 11.0. The van der Waals surface area contributed by atoms with Crippen molar-refractivity contribution < 1.29 is 14.3 Å². The number of nitrogens with one attached hydrogen (secondary N) is 1. The van der Waals surface area contributed by atoms with E-state index in [1.165, 1.54) is 25.5 Å². The number of carboxylic acids is 1. The van der Waals surface area contributed by atoms with Crippen LogP contribution in [0.1, 0.15) is 49.2 Å². The van der Waals surface area contributed by atoms with Crippen molar-refractivity contribution >= 4 is 5.97 Å². The van der Waals surface area contributed by atoms with Crippen molar-refractivity contribution in [3.05, 3.63) is 23.7 Å². The van der Waals surface area contributed by atoms with Gasteiger partial charge >= 0.3 is 5.97 Å². The number of hydrogen-bond donors (Lipinski definition) is 2. The van der Waals surface area contributed by atoms with Gasteiger partial charge in [-0.15, -0.1) is 0 Å². The Morgan fingerprint density at radius 1 is 1.56 bits per heavy atom. The third kappa shape index (κ3) is 2.58. The summed E-state index contributed by atoms with van der Waals surface area (Å²) in [6, 6.07) is 2.22. The van der Waals surface area contributed by atoms with Crippen molar-refractivity contribution in [2.75, 3.05) is 0 Å². The second-order valence-electron chi connectivity index (χ2n) is 5.17. The lowest BCUT2D eigenvalue weighted by Gasteiger charge is -2.20. The molecule has 18 heavy (non-hydrogen) atoms. The number of hydrogen-bond acceptors (Lipinski definition) is 3. The quantitative estimate of drug-likeness (QED) is 0.844. The predicted octanol–water partition coefficient (Wildman–Crippen LogP) is 2.89. The summed E-state index contributed by atoms with van der Waals surface area (Å²) < 4.78 is 4.97. The molecule has 1 aliphatic rings. The largest absolute Gasteiger partial charge is 0.475 e. The first-order chi connectivity index (χ1) is 8.63. The lowest BCUT2D eigenvalue weighted by atomic mass is 9.93. The molecule has 1 aromatic rings. The fraction of sp³-hybridized carbons (Fsp3) is 0.643. The van der Waals surface area contributed by atoms with Gasteiger partial charge in [0.05, 0.1) is 6.26 Å².